The molecule has 1 saturated carbocycles. The van der Waals surface area contributed by atoms with Gasteiger partial charge >= 0.3 is 6.09 Å². The molecule has 0 radical (unpaired) electrons. The van der Waals surface area contributed by atoms with Crippen LogP contribution < -0.4 is 5.32 Å². The number of rotatable bonds is 4. The van der Waals surface area contributed by atoms with Crippen molar-refractivity contribution in [2.24, 2.45) is 5.92 Å². The van der Waals surface area contributed by atoms with Crippen LogP contribution in [-0.4, -0.2) is 47.0 Å². The second-order valence-corrected chi connectivity index (χ2v) is 8.23. The average Bonchev–Trinajstić information content (AvgIpc) is 2.95. The Kier molecular flexibility index (Phi) is 6.81. The van der Waals surface area contributed by atoms with Gasteiger partial charge in [-0.2, -0.15) is 0 Å². The fourth-order valence-corrected chi connectivity index (χ4v) is 4.28. The Morgan fingerprint density at radius 2 is 1.89 bits per heavy atom. The molecule has 2 fully saturated rings. The Balaban J connectivity index is 1.50. The number of ether oxygens (including phenoxy) is 1. The van der Waals surface area contributed by atoms with Gasteiger partial charge in [0.2, 0.25) is 5.91 Å². The SMILES string of the molecule is CCOC(=O)N1C=CC=C(N2CCC(C(=O)NC3(C)CCCCC3)CC2)C=C1. The maximum atomic E-state index is 12.8. The lowest BCUT2D eigenvalue weighted by atomic mass is 9.82. The van der Waals surface area contributed by atoms with E-state index in [9.17, 15) is 9.59 Å². The van der Waals surface area contributed by atoms with Gasteiger partial charge in [0.15, 0.2) is 0 Å². The number of amides is 2. The predicted octanol–water partition coefficient (Wildman–Crippen LogP) is 3.92. The molecule has 28 heavy (non-hydrogen) atoms. The minimum Gasteiger partial charge on any atom is -0.449 e. The molecule has 3 rings (SSSR count). The molecule has 0 aromatic rings. The smallest absolute Gasteiger partial charge is 0.417 e. The number of hydrogen-bond donors (Lipinski definition) is 1. The van der Waals surface area contributed by atoms with Crippen molar-refractivity contribution < 1.29 is 14.3 Å². The first kappa shape index (κ1) is 20.5. The third-order valence-electron chi connectivity index (χ3n) is 6.01. The normalized spacial score (nSPS) is 22.4. The number of nitrogens with zero attached hydrogens (tertiary/aromatic N) is 2. The van der Waals surface area contributed by atoms with E-state index in [4.69, 9.17) is 4.74 Å². The average molecular weight is 388 g/mol. The van der Waals surface area contributed by atoms with Gasteiger partial charge in [0, 0.05) is 42.6 Å². The van der Waals surface area contributed by atoms with Crippen molar-refractivity contribution in [1.29, 1.82) is 0 Å². The van der Waals surface area contributed by atoms with Crippen LogP contribution in [0.2, 0.25) is 0 Å². The number of carbonyl (C=O) groups excluding carboxylic acids is 2. The molecule has 2 heterocycles. The number of likely N-dealkylation sites (tertiary alicyclic amines) is 1. The molecule has 0 spiro atoms. The van der Waals surface area contributed by atoms with Gasteiger partial charge in [-0.15, -0.1) is 0 Å². The molecule has 0 aromatic carbocycles. The van der Waals surface area contributed by atoms with Crippen LogP contribution in [0.1, 0.15) is 58.8 Å². The van der Waals surface area contributed by atoms with Gasteiger partial charge in [-0.3, -0.25) is 9.69 Å². The molecule has 0 bridgehead atoms. The van der Waals surface area contributed by atoms with Crippen LogP contribution in [0.25, 0.3) is 0 Å². The standard InChI is InChI=1S/C22H33N3O3/c1-3-28-21(27)25-14-7-8-19(11-17-25)24-15-9-18(10-16-24)20(26)23-22(2)12-5-4-6-13-22/h7-8,11,14,17-18H,3-6,9-10,12-13,15-16H2,1-2H3,(H,23,26). The summed E-state index contributed by atoms with van der Waals surface area (Å²) in [5.74, 6) is 0.319. The quantitative estimate of drug-likeness (QED) is 0.794. The lowest BCUT2D eigenvalue weighted by Gasteiger charge is -2.38. The van der Waals surface area contributed by atoms with Crippen molar-refractivity contribution in [3.05, 3.63) is 36.3 Å². The summed E-state index contributed by atoms with van der Waals surface area (Å²) in [5.41, 5.74) is 1.04. The lowest BCUT2D eigenvalue weighted by molar-refractivity contribution is -0.128. The predicted molar refractivity (Wildman–Crippen MR) is 109 cm³/mol. The fourth-order valence-electron chi connectivity index (χ4n) is 4.28. The first-order valence-electron chi connectivity index (χ1n) is 10.6. The van der Waals surface area contributed by atoms with Crippen LogP contribution in [0.5, 0.6) is 0 Å². The maximum Gasteiger partial charge on any atom is 0.417 e. The second kappa shape index (κ2) is 9.30. The molecule has 0 unspecified atom stereocenters. The highest BCUT2D eigenvalue weighted by Crippen LogP contribution is 2.29. The Hall–Kier alpha value is -2.24. The highest BCUT2D eigenvalue weighted by atomic mass is 16.5. The van der Waals surface area contributed by atoms with E-state index in [1.165, 1.54) is 24.2 Å². The van der Waals surface area contributed by atoms with Gasteiger partial charge in [-0.1, -0.05) is 19.3 Å². The summed E-state index contributed by atoms with van der Waals surface area (Å²) in [6.45, 7) is 6.03. The lowest BCUT2D eigenvalue weighted by Crippen LogP contribution is -2.50. The molecule has 154 valence electrons. The molecule has 2 amide bonds. The second-order valence-electron chi connectivity index (χ2n) is 8.23. The van der Waals surface area contributed by atoms with Crippen molar-refractivity contribution in [2.75, 3.05) is 19.7 Å². The summed E-state index contributed by atoms with van der Waals surface area (Å²) in [6, 6.07) is 0. The molecule has 1 aliphatic carbocycles. The van der Waals surface area contributed by atoms with E-state index in [1.807, 2.05) is 18.2 Å². The van der Waals surface area contributed by atoms with Crippen molar-refractivity contribution >= 4 is 12.0 Å². The highest BCUT2D eigenvalue weighted by Gasteiger charge is 2.32. The van der Waals surface area contributed by atoms with Crippen molar-refractivity contribution in [2.45, 2.75) is 64.3 Å². The number of piperidine rings is 1. The molecule has 2 aliphatic heterocycles. The largest absolute Gasteiger partial charge is 0.449 e. The minimum absolute atomic E-state index is 0.0135. The summed E-state index contributed by atoms with van der Waals surface area (Å²) >= 11 is 0. The summed E-state index contributed by atoms with van der Waals surface area (Å²) < 4.78 is 5.03. The first-order chi connectivity index (χ1) is 13.5. The molecular formula is C22H33N3O3. The Bertz CT molecular complexity index is 654. The monoisotopic (exact) mass is 387 g/mol. The minimum atomic E-state index is -0.378. The van der Waals surface area contributed by atoms with Crippen LogP contribution in [0.4, 0.5) is 4.79 Å². The van der Waals surface area contributed by atoms with E-state index in [2.05, 4.69) is 17.1 Å². The number of hydrogen-bond acceptors (Lipinski definition) is 4. The van der Waals surface area contributed by atoms with Crippen LogP contribution in [0, 0.1) is 5.92 Å². The molecule has 6 nitrogen and oxygen atoms in total. The Labute approximate surface area is 168 Å². The maximum absolute atomic E-state index is 12.8. The molecule has 1 saturated heterocycles. The molecule has 3 aliphatic rings. The molecular weight excluding hydrogens is 354 g/mol. The van der Waals surface area contributed by atoms with Crippen LogP contribution >= 0.6 is 0 Å². The van der Waals surface area contributed by atoms with Crippen LogP contribution in [0.15, 0.2) is 36.3 Å². The Morgan fingerprint density at radius 1 is 1.18 bits per heavy atom. The Morgan fingerprint density at radius 3 is 2.57 bits per heavy atom. The van der Waals surface area contributed by atoms with Gasteiger partial charge in [0.1, 0.15) is 0 Å². The van der Waals surface area contributed by atoms with Gasteiger partial charge < -0.3 is 15.0 Å². The zero-order chi connectivity index (χ0) is 20.0. The van der Waals surface area contributed by atoms with E-state index in [0.717, 1.165) is 44.5 Å². The van der Waals surface area contributed by atoms with Crippen molar-refractivity contribution in [3.63, 3.8) is 0 Å². The van der Waals surface area contributed by atoms with Crippen LogP contribution in [-0.2, 0) is 9.53 Å². The van der Waals surface area contributed by atoms with Gasteiger partial charge in [-0.05, 0) is 57.8 Å². The van der Waals surface area contributed by atoms with E-state index >= 15 is 0 Å². The van der Waals surface area contributed by atoms with E-state index < -0.39 is 0 Å². The van der Waals surface area contributed by atoms with E-state index in [0.29, 0.717) is 6.61 Å². The van der Waals surface area contributed by atoms with Crippen LogP contribution in [0.3, 0.4) is 0 Å². The summed E-state index contributed by atoms with van der Waals surface area (Å²) in [4.78, 5) is 28.3. The summed E-state index contributed by atoms with van der Waals surface area (Å²) in [5, 5.41) is 3.34. The first-order valence-corrected chi connectivity index (χ1v) is 10.6. The van der Waals surface area contributed by atoms with Gasteiger partial charge in [0.25, 0.3) is 0 Å². The molecule has 0 atom stereocenters. The number of allylic oxidation sites excluding steroid dienone is 3. The molecule has 1 N–H and O–H groups in total. The topological polar surface area (TPSA) is 61.9 Å². The van der Waals surface area contributed by atoms with Crippen molar-refractivity contribution in [1.82, 2.24) is 15.1 Å². The van der Waals surface area contributed by atoms with Crippen molar-refractivity contribution in [3.8, 4) is 0 Å². The third kappa shape index (κ3) is 5.18. The van der Waals surface area contributed by atoms with E-state index in [-0.39, 0.29) is 23.5 Å². The van der Waals surface area contributed by atoms with Gasteiger partial charge in [-0.25, -0.2) is 4.79 Å². The molecule has 6 heteroatoms. The number of nitrogens with one attached hydrogen (secondary N) is 1. The zero-order valence-electron chi connectivity index (χ0n) is 17.2. The fraction of sp³-hybridized carbons (Fsp3) is 0.636. The van der Waals surface area contributed by atoms with Gasteiger partial charge in [0.05, 0.1) is 6.61 Å². The zero-order valence-corrected chi connectivity index (χ0v) is 17.2. The van der Waals surface area contributed by atoms with E-state index in [1.54, 1.807) is 19.3 Å². The summed E-state index contributed by atoms with van der Waals surface area (Å²) in [7, 11) is 0. The highest BCUT2D eigenvalue weighted by molar-refractivity contribution is 5.79. The summed E-state index contributed by atoms with van der Waals surface area (Å²) in [6.07, 6.45) is 16.5. The third-order valence-corrected chi connectivity index (χ3v) is 6.01. The molecule has 0 aromatic heterocycles. The number of carbonyl (C=O) groups is 2.